The van der Waals surface area contributed by atoms with Gasteiger partial charge < -0.3 is 0 Å². The molecule has 4 aromatic rings. The second-order valence-corrected chi connectivity index (χ2v) is 12.4. The highest BCUT2D eigenvalue weighted by molar-refractivity contribution is 5.86. The summed E-state index contributed by atoms with van der Waals surface area (Å²) in [5.41, 5.74) is 14.6. The summed E-state index contributed by atoms with van der Waals surface area (Å²) < 4.78 is 0. The highest BCUT2D eigenvalue weighted by Crippen LogP contribution is 2.69. The molecule has 0 nitrogen and oxygen atoms in total. The lowest BCUT2D eigenvalue weighted by Crippen LogP contribution is -2.55. The highest BCUT2D eigenvalue weighted by atomic mass is 14.6. The average molecular weight is 467 g/mol. The molecular weight excluding hydrogens is 432 g/mol. The summed E-state index contributed by atoms with van der Waals surface area (Å²) in [5.74, 6) is 3.50. The van der Waals surface area contributed by atoms with E-state index in [1.165, 1.54) is 76.6 Å². The van der Waals surface area contributed by atoms with Gasteiger partial charge in [0, 0.05) is 5.41 Å². The van der Waals surface area contributed by atoms with Crippen LogP contribution in [-0.2, 0) is 5.41 Å². The molecule has 0 saturated heterocycles. The van der Waals surface area contributed by atoms with Crippen LogP contribution in [0.15, 0.2) is 84.9 Å². The summed E-state index contributed by atoms with van der Waals surface area (Å²) in [6.45, 7) is 4.36. The van der Waals surface area contributed by atoms with Gasteiger partial charge in [-0.15, -0.1) is 0 Å². The Hall–Kier alpha value is -3.12. The molecule has 0 unspecified atom stereocenters. The average Bonchev–Trinajstić information content (AvgIpc) is 3.17. The molecule has 0 radical (unpaired) electrons. The van der Waals surface area contributed by atoms with Crippen LogP contribution in [-0.4, -0.2) is 0 Å². The largest absolute Gasteiger partial charge is 0.0587 e. The van der Waals surface area contributed by atoms with Crippen LogP contribution in [0, 0.1) is 37.5 Å². The van der Waals surface area contributed by atoms with Crippen molar-refractivity contribution in [3.05, 3.63) is 107 Å². The Bertz CT molecular complexity index is 1360. The third kappa shape index (κ3) is 2.82. The van der Waals surface area contributed by atoms with E-state index in [-0.39, 0.29) is 5.41 Å². The number of hydrogen-bond acceptors (Lipinski definition) is 0. The summed E-state index contributed by atoms with van der Waals surface area (Å²) in [7, 11) is 0. The van der Waals surface area contributed by atoms with Gasteiger partial charge in [0.15, 0.2) is 0 Å². The van der Waals surface area contributed by atoms with Gasteiger partial charge in [-0.1, -0.05) is 83.9 Å². The molecule has 0 aromatic heterocycles. The van der Waals surface area contributed by atoms with Crippen LogP contribution >= 0.6 is 0 Å². The van der Waals surface area contributed by atoms with E-state index in [0.717, 1.165) is 23.7 Å². The lowest BCUT2D eigenvalue weighted by Gasteiger charge is -2.61. The Morgan fingerprint density at radius 3 is 1.28 bits per heavy atom. The fourth-order valence-electron chi connectivity index (χ4n) is 9.05. The quantitative estimate of drug-likeness (QED) is 0.276. The van der Waals surface area contributed by atoms with Gasteiger partial charge in [0.25, 0.3) is 0 Å². The Labute approximate surface area is 215 Å². The van der Waals surface area contributed by atoms with Crippen molar-refractivity contribution < 1.29 is 0 Å². The topological polar surface area (TPSA) is 0 Å². The van der Waals surface area contributed by atoms with Crippen LogP contribution in [0.25, 0.3) is 33.4 Å². The molecule has 4 fully saturated rings. The van der Waals surface area contributed by atoms with Crippen LogP contribution in [0.3, 0.4) is 0 Å². The fourth-order valence-corrected chi connectivity index (χ4v) is 9.05. The van der Waals surface area contributed by atoms with Crippen molar-refractivity contribution in [1.29, 1.82) is 0 Å². The Morgan fingerprint density at radius 2 is 0.861 bits per heavy atom. The van der Waals surface area contributed by atoms with E-state index in [2.05, 4.69) is 98.8 Å². The summed E-state index contributed by atoms with van der Waals surface area (Å²) in [6, 6.07) is 33.1. The van der Waals surface area contributed by atoms with Crippen LogP contribution in [0.4, 0.5) is 0 Å². The van der Waals surface area contributed by atoms with Crippen molar-refractivity contribution in [1.82, 2.24) is 0 Å². The first-order valence-corrected chi connectivity index (χ1v) is 14.0. The summed E-state index contributed by atoms with van der Waals surface area (Å²) in [5, 5.41) is 0. The number of fused-ring (bicyclic) bond motifs is 3. The highest BCUT2D eigenvalue weighted by Gasteiger charge is 2.61. The molecule has 0 heterocycles. The molecule has 1 spiro atoms. The SMILES string of the molecule is Cc1ccc(-c2ccc3c(c2)C2(c4cc(-c5ccc(C)cc5)ccc4-3)C3CC4CC(C3)CC2C4)cc1. The molecule has 0 heteroatoms. The summed E-state index contributed by atoms with van der Waals surface area (Å²) in [4.78, 5) is 0. The number of rotatable bonds is 2. The lowest BCUT2D eigenvalue weighted by atomic mass is 9.43. The van der Waals surface area contributed by atoms with Crippen LogP contribution in [0.1, 0.15) is 54.4 Å². The zero-order chi connectivity index (χ0) is 24.0. The zero-order valence-electron chi connectivity index (χ0n) is 21.4. The monoisotopic (exact) mass is 466 g/mol. The second-order valence-electron chi connectivity index (χ2n) is 12.4. The molecule has 178 valence electrons. The minimum absolute atomic E-state index is 0.194. The van der Waals surface area contributed by atoms with Crippen molar-refractivity contribution in [3.63, 3.8) is 0 Å². The van der Waals surface area contributed by atoms with E-state index in [4.69, 9.17) is 0 Å². The first-order valence-electron chi connectivity index (χ1n) is 14.0. The van der Waals surface area contributed by atoms with Gasteiger partial charge >= 0.3 is 0 Å². The first-order chi connectivity index (χ1) is 17.6. The minimum atomic E-state index is 0.194. The normalized spacial score (nSPS) is 26.3. The maximum atomic E-state index is 2.60. The first kappa shape index (κ1) is 21.0. The molecule has 0 amide bonds. The Balaban J connectivity index is 1.35. The third-order valence-corrected chi connectivity index (χ3v) is 10.4. The third-order valence-electron chi connectivity index (χ3n) is 10.4. The van der Waals surface area contributed by atoms with Crippen molar-refractivity contribution in [2.75, 3.05) is 0 Å². The van der Waals surface area contributed by atoms with Crippen molar-refractivity contribution in [2.45, 2.75) is 51.4 Å². The molecule has 5 aliphatic rings. The fraction of sp³-hybridized carbons (Fsp3) is 0.333. The number of hydrogen-bond donors (Lipinski definition) is 0. The molecule has 36 heavy (non-hydrogen) atoms. The van der Waals surface area contributed by atoms with E-state index >= 15 is 0 Å². The zero-order valence-corrected chi connectivity index (χ0v) is 21.4. The molecule has 9 rings (SSSR count). The van der Waals surface area contributed by atoms with Crippen LogP contribution in [0.5, 0.6) is 0 Å². The number of aryl methyl sites for hydroxylation is 2. The van der Waals surface area contributed by atoms with Gasteiger partial charge in [-0.25, -0.2) is 0 Å². The van der Waals surface area contributed by atoms with E-state index in [9.17, 15) is 0 Å². The molecule has 5 aliphatic carbocycles. The van der Waals surface area contributed by atoms with E-state index in [1.54, 1.807) is 11.1 Å². The minimum Gasteiger partial charge on any atom is -0.0587 e. The lowest BCUT2D eigenvalue weighted by molar-refractivity contribution is -0.0399. The molecule has 4 saturated carbocycles. The molecule has 4 bridgehead atoms. The van der Waals surface area contributed by atoms with E-state index < -0.39 is 0 Å². The van der Waals surface area contributed by atoms with Gasteiger partial charge in [0.2, 0.25) is 0 Å². The van der Waals surface area contributed by atoms with Crippen molar-refractivity contribution in [2.24, 2.45) is 23.7 Å². The van der Waals surface area contributed by atoms with Crippen molar-refractivity contribution in [3.8, 4) is 33.4 Å². The maximum Gasteiger partial charge on any atom is 0.0272 e. The van der Waals surface area contributed by atoms with Gasteiger partial charge in [-0.05, 0) is 126 Å². The predicted molar refractivity (Wildman–Crippen MR) is 150 cm³/mol. The van der Waals surface area contributed by atoms with Gasteiger partial charge in [0.1, 0.15) is 0 Å². The predicted octanol–water partition coefficient (Wildman–Crippen LogP) is 9.36. The standard InChI is InChI=1S/C36H34/c1-22-3-7-26(8-4-22)28-11-13-32-33-14-12-29(27-9-5-23(2)6-10-27)21-35(33)36(34(32)20-28)30-16-24-15-25(18-30)19-31(36)17-24/h3-14,20-21,24-25,30-31H,15-19H2,1-2H3. The number of benzene rings is 4. The second kappa shape index (κ2) is 7.45. The molecule has 0 atom stereocenters. The van der Waals surface area contributed by atoms with Crippen LogP contribution < -0.4 is 0 Å². The van der Waals surface area contributed by atoms with Crippen LogP contribution in [0.2, 0.25) is 0 Å². The smallest absolute Gasteiger partial charge is 0.0272 e. The maximum absolute atomic E-state index is 2.60. The Kier molecular flexibility index (Phi) is 4.35. The summed E-state index contributed by atoms with van der Waals surface area (Å²) >= 11 is 0. The Morgan fingerprint density at radius 1 is 0.472 bits per heavy atom. The van der Waals surface area contributed by atoms with Crippen molar-refractivity contribution >= 4 is 0 Å². The summed E-state index contributed by atoms with van der Waals surface area (Å²) in [6.07, 6.45) is 7.20. The molecular formula is C36H34. The molecule has 0 N–H and O–H groups in total. The van der Waals surface area contributed by atoms with Gasteiger partial charge in [-0.3, -0.25) is 0 Å². The van der Waals surface area contributed by atoms with E-state index in [1.807, 2.05) is 0 Å². The molecule has 0 aliphatic heterocycles. The van der Waals surface area contributed by atoms with Gasteiger partial charge in [-0.2, -0.15) is 0 Å². The van der Waals surface area contributed by atoms with Gasteiger partial charge in [0.05, 0.1) is 0 Å². The van der Waals surface area contributed by atoms with E-state index in [0.29, 0.717) is 0 Å². The molecule has 4 aromatic carbocycles.